The molecule has 0 unspecified atom stereocenters. The maximum atomic E-state index is 12.3. The standard InChI is InChI=1S/C20H26N4O2/c1-3-23-10-12-24(13-11-23)17-6-9-19(21-15-17)20(25)22-14-16-4-7-18(26-2)8-5-16/h4-9,15H,3,10-14H2,1-2H3,(H,22,25). The molecule has 0 aliphatic carbocycles. The van der Waals surface area contributed by atoms with Gasteiger partial charge in [0.25, 0.3) is 5.91 Å². The Kier molecular flexibility index (Phi) is 6.07. The van der Waals surface area contributed by atoms with Crippen molar-refractivity contribution in [2.75, 3.05) is 44.7 Å². The highest BCUT2D eigenvalue weighted by molar-refractivity contribution is 5.92. The Morgan fingerprint density at radius 3 is 2.42 bits per heavy atom. The van der Waals surface area contributed by atoms with Crippen molar-refractivity contribution in [1.82, 2.24) is 15.2 Å². The lowest BCUT2D eigenvalue weighted by atomic mass is 10.2. The van der Waals surface area contributed by atoms with Crippen LogP contribution >= 0.6 is 0 Å². The minimum Gasteiger partial charge on any atom is -0.497 e. The number of rotatable bonds is 6. The molecule has 1 aliphatic heterocycles. The summed E-state index contributed by atoms with van der Waals surface area (Å²) in [7, 11) is 1.63. The number of pyridine rings is 1. The molecule has 0 spiro atoms. The molecule has 0 atom stereocenters. The number of carbonyl (C=O) groups is 1. The molecule has 6 heteroatoms. The molecule has 0 saturated carbocycles. The monoisotopic (exact) mass is 354 g/mol. The third-order valence-corrected chi connectivity index (χ3v) is 4.78. The average molecular weight is 354 g/mol. The van der Waals surface area contributed by atoms with Gasteiger partial charge in [-0.15, -0.1) is 0 Å². The number of anilines is 1. The van der Waals surface area contributed by atoms with Gasteiger partial charge in [0.2, 0.25) is 0 Å². The third-order valence-electron chi connectivity index (χ3n) is 4.78. The van der Waals surface area contributed by atoms with E-state index in [2.05, 4.69) is 27.0 Å². The van der Waals surface area contributed by atoms with Crippen molar-refractivity contribution >= 4 is 11.6 Å². The van der Waals surface area contributed by atoms with E-state index in [1.165, 1.54) is 0 Å². The summed E-state index contributed by atoms with van der Waals surface area (Å²) in [4.78, 5) is 21.4. The van der Waals surface area contributed by atoms with Crippen molar-refractivity contribution in [1.29, 1.82) is 0 Å². The van der Waals surface area contributed by atoms with E-state index in [9.17, 15) is 4.79 Å². The Morgan fingerprint density at radius 2 is 1.85 bits per heavy atom. The van der Waals surface area contributed by atoms with Crippen molar-refractivity contribution in [3.8, 4) is 5.75 Å². The molecule has 3 rings (SSSR count). The highest BCUT2D eigenvalue weighted by Crippen LogP contribution is 2.16. The van der Waals surface area contributed by atoms with Gasteiger partial charge in [0, 0.05) is 32.7 Å². The van der Waals surface area contributed by atoms with E-state index in [1.54, 1.807) is 19.4 Å². The summed E-state index contributed by atoms with van der Waals surface area (Å²) in [5, 5.41) is 2.90. The molecule has 1 fully saturated rings. The quantitative estimate of drug-likeness (QED) is 0.862. The number of piperazine rings is 1. The van der Waals surface area contributed by atoms with Crippen LogP contribution in [0.3, 0.4) is 0 Å². The van der Waals surface area contributed by atoms with E-state index < -0.39 is 0 Å². The molecule has 2 heterocycles. The molecule has 1 amide bonds. The summed E-state index contributed by atoms with van der Waals surface area (Å²) >= 11 is 0. The predicted octanol–water partition coefficient (Wildman–Crippen LogP) is 2.16. The van der Waals surface area contributed by atoms with Gasteiger partial charge >= 0.3 is 0 Å². The second-order valence-electron chi connectivity index (χ2n) is 6.35. The predicted molar refractivity (Wildman–Crippen MR) is 103 cm³/mol. The van der Waals surface area contributed by atoms with E-state index in [1.807, 2.05) is 30.3 Å². The zero-order valence-corrected chi connectivity index (χ0v) is 15.4. The van der Waals surface area contributed by atoms with Crippen molar-refractivity contribution < 1.29 is 9.53 Å². The highest BCUT2D eigenvalue weighted by atomic mass is 16.5. The second kappa shape index (κ2) is 8.67. The van der Waals surface area contributed by atoms with Gasteiger partial charge in [-0.25, -0.2) is 4.98 Å². The van der Waals surface area contributed by atoms with Gasteiger partial charge in [-0.05, 0) is 36.4 Å². The van der Waals surface area contributed by atoms with Crippen LogP contribution < -0.4 is 15.0 Å². The van der Waals surface area contributed by atoms with E-state index in [-0.39, 0.29) is 5.91 Å². The van der Waals surface area contributed by atoms with E-state index >= 15 is 0 Å². The summed E-state index contributed by atoms with van der Waals surface area (Å²) in [5.41, 5.74) is 2.53. The number of methoxy groups -OCH3 is 1. The molecule has 1 saturated heterocycles. The summed E-state index contributed by atoms with van der Waals surface area (Å²) < 4.78 is 5.13. The van der Waals surface area contributed by atoms with Gasteiger partial charge in [0.1, 0.15) is 11.4 Å². The Bertz CT molecular complexity index is 708. The SMILES string of the molecule is CCN1CCN(c2ccc(C(=O)NCc3ccc(OC)cc3)nc2)CC1. The van der Waals surface area contributed by atoms with Crippen LogP contribution in [0.25, 0.3) is 0 Å². The van der Waals surface area contributed by atoms with Crippen LogP contribution in [-0.4, -0.2) is 55.6 Å². The number of carbonyl (C=O) groups excluding carboxylic acids is 1. The number of hydrogen-bond donors (Lipinski definition) is 1. The molecule has 1 N–H and O–H groups in total. The Balaban J connectivity index is 1.53. The molecule has 6 nitrogen and oxygen atoms in total. The summed E-state index contributed by atoms with van der Waals surface area (Å²) in [6.07, 6.45) is 1.80. The molecular formula is C20H26N4O2. The number of hydrogen-bond acceptors (Lipinski definition) is 5. The lowest BCUT2D eigenvalue weighted by Gasteiger charge is -2.35. The molecule has 0 radical (unpaired) electrons. The maximum absolute atomic E-state index is 12.3. The van der Waals surface area contributed by atoms with Crippen LogP contribution in [0.1, 0.15) is 23.0 Å². The zero-order valence-electron chi connectivity index (χ0n) is 15.4. The van der Waals surface area contributed by atoms with Gasteiger partial charge in [0.15, 0.2) is 0 Å². The van der Waals surface area contributed by atoms with Gasteiger partial charge in [-0.3, -0.25) is 4.79 Å². The zero-order chi connectivity index (χ0) is 18.4. The number of nitrogens with one attached hydrogen (secondary N) is 1. The first kappa shape index (κ1) is 18.2. The molecule has 1 aromatic carbocycles. The first-order valence-electron chi connectivity index (χ1n) is 9.04. The first-order valence-corrected chi connectivity index (χ1v) is 9.04. The Hall–Kier alpha value is -2.60. The smallest absolute Gasteiger partial charge is 0.270 e. The Labute approximate surface area is 154 Å². The fourth-order valence-electron chi connectivity index (χ4n) is 3.05. The minimum atomic E-state index is -0.164. The molecule has 1 aliphatic rings. The van der Waals surface area contributed by atoms with Crippen LogP contribution in [0.15, 0.2) is 42.6 Å². The van der Waals surface area contributed by atoms with Crippen LogP contribution in [0.4, 0.5) is 5.69 Å². The molecule has 0 bridgehead atoms. The lowest BCUT2D eigenvalue weighted by molar-refractivity contribution is 0.0946. The van der Waals surface area contributed by atoms with Crippen LogP contribution in [0.5, 0.6) is 5.75 Å². The fraction of sp³-hybridized carbons (Fsp3) is 0.400. The first-order chi connectivity index (χ1) is 12.7. The molecule has 26 heavy (non-hydrogen) atoms. The van der Waals surface area contributed by atoms with Crippen molar-refractivity contribution in [3.63, 3.8) is 0 Å². The van der Waals surface area contributed by atoms with Crippen LogP contribution in [-0.2, 0) is 6.54 Å². The minimum absolute atomic E-state index is 0.164. The third kappa shape index (κ3) is 4.52. The van der Waals surface area contributed by atoms with Crippen molar-refractivity contribution in [2.45, 2.75) is 13.5 Å². The number of benzene rings is 1. The normalized spacial score (nSPS) is 14.9. The summed E-state index contributed by atoms with van der Waals surface area (Å²) in [5.74, 6) is 0.639. The van der Waals surface area contributed by atoms with Gasteiger partial charge in [0.05, 0.1) is 19.0 Å². The lowest BCUT2D eigenvalue weighted by Crippen LogP contribution is -2.46. The van der Waals surface area contributed by atoms with Crippen molar-refractivity contribution in [3.05, 3.63) is 53.9 Å². The van der Waals surface area contributed by atoms with E-state index in [4.69, 9.17) is 4.74 Å². The number of aromatic nitrogens is 1. The van der Waals surface area contributed by atoms with Crippen molar-refractivity contribution in [2.24, 2.45) is 0 Å². The highest BCUT2D eigenvalue weighted by Gasteiger charge is 2.16. The van der Waals surface area contributed by atoms with E-state index in [0.29, 0.717) is 12.2 Å². The van der Waals surface area contributed by atoms with E-state index in [0.717, 1.165) is 49.7 Å². The largest absolute Gasteiger partial charge is 0.497 e. The number of nitrogens with zero attached hydrogens (tertiary/aromatic N) is 3. The summed E-state index contributed by atoms with van der Waals surface area (Å²) in [6.45, 7) is 7.89. The molecule has 138 valence electrons. The maximum Gasteiger partial charge on any atom is 0.270 e. The van der Waals surface area contributed by atoms with Gasteiger partial charge < -0.3 is 19.9 Å². The summed E-state index contributed by atoms with van der Waals surface area (Å²) in [6, 6.07) is 11.4. The van der Waals surface area contributed by atoms with Gasteiger partial charge in [-0.2, -0.15) is 0 Å². The number of amides is 1. The molecule has 2 aromatic rings. The second-order valence-corrected chi connectivity index (χ2v) is 6.35. The Morgan fingerprint density at radius 1 is 1.12 bits per heavy atom. The topological polar surface area (TPSA) is 57.7 Å². The molecule has 1 aromatic heterocycles. The van der Waals surface area contributed by atoms with Crippen LogP contribution in [0, 0.1) is 0 Å². The molecular weight excluding hydrogens is 328 g/mol. The average Bonchev–Trinajstić information content (AvgIpc) is 2.72. The number of ether oxygens (including phenoxy) is 1. The van der Waals surface area contributed by atoms with Gasteiger partial charge in [-0.1, -0.05) is 19.1 Å². The van der Waals surface area contributed by atoms with Crippen LogP contribution in [0.2, 0.25) is 0 Å². The fourth-order valence-corrected chi connectivity index (χ4v) is 3.05. The number of likely N-dealkylation sites (N-methyl/N-ethyl adjacent to an activating group) is 1.